The van der Waals surface area contributed by atoms with E-state index in [1.54, 1.807) is 6.07 Å². The Morgan fingerprint density at radius 3 is 2.26 bits per heavy atom. The minimum absolute atomic E-state index is 0.275. The van der Waals surface area contributed by atoms with Crippen molar-refractivity contribution in [1.29, 1.82) is 0 Å². The van der Waals surface area contributed by atoms with Crippen molar-refractivity contribution in [3.05, 3.63) is 53.6 Å². The molecule has 0 atom stereocenters. The van der Waals surface area contributed by atoms with Crippen LogP contribution in [0.25, 0.3) is 11.1 Å². The lowest BCUT2D eigenvalue weighted by Crippen LogP contribution is -2.08. The first-order valence-electron chi connectivity index (χ1n) is 7.87. The molecule has 0 saturated heterocycles. The van der Waals surface area contributed by atoms with Crippen LogP contribution in [0.15, 0.2) is 42.5 Å². The van der Waals surface area contributed by atoms with Crippen LogP contribution in [0.4, 0.5) is 0 Å². The Bertz CT molecular complexity index is 636. The summed E-state index contributed by atoms with van der Waals surface area (Å²) in [5.41, 5.74) is 4.73. The Hall–Kier alpha value is -0.673. The third kappa shape index (κ3) is 6.04. The zero-order chi connectivity index (χ0) is 16.9. The van der Waals surface area contributed by atoms with Crippen LogP contribution in [-0.2, 0) is 12.8 Å². The van der Waals surface area contributed by atoms with Gasteiger partial charge in [-0.3, -0.25) is 0 Å². The summed E-state index contributed by atoms with van der Waals surface area (Å²) in [7, 11) is 0. The minimum Gasteiger partial charge on any atom is -0.508 e. The smallest absolute Gasteiger partial charge is 0.341 e. The summed E-state index contributed by atoms with van der Waals surface area (Å²) in [6, 6.07) is 12.2. The van der Waals surface area contributed by atoms with Crippen molar-refractivity contribution < 1.29 is 5.11 Å². The Balaban J connectivity index is 2.20. The first-order valence-corrected chi connectivity index (χ1v) is 13.1. The van der Waals surface area contributed by atoms with E-state index in [0.29, 0.717) is 6.04 Å². The molecule has 2 rings (SSSR count). The van der Waals surface area contributed by atoms with Gasteiger partial charge in [0, 0.05) is 0 Å². The molecular formula is C18H21Cl3OSi. The highest BCUT2D eigenvalue weighted by molar-refractivity contribution is 7.64. The molecule has 0 aliphatic carbocycles. The topological polar surface area (TPSA) is 20.2 Å². The van der Waals surface area contributed by atoms with Crippen LogP contribution in [0, 0.1) is 0 Å². The standard InChI is InChI=1S/C18H21Cl3OSi/c1-2-4-14-6-8-15(9-7-14)18-11-10-17(22)13-16(18)5-3-12-23(19,20)21/h6-11,13,22H,2-5,12H2,1H3. The van der Waals surface area contributed by atoms with E-state index in [2.05, 4.69) is 31.2 Å². The summed E-state index contributed by atoms with van der Waals surface area (Å²) in [4.78, 5) is 0. The maximum atomic E-state index is 9.79. The molecule has 0 amide bonds. The molecule has 0 aromatic heterocycles. The van der Waals surface area contributed by atoms with Crippen molar-refractivity contribution in [3.8, 4) is 16.9 Å². The minimum atomic E-state index is -2.58. The maximum Gasteiger partial charge on any atom is 0.341 e. The number of phenols is 1. The van der Waals surface area contributed by atoms with Gasteiger partial charge in [-0.1, -0.05) is 43.7 Å². The van der Waals surface area contributed by atoms with Gasteiger partial charge in [-0.2, -0.15) is 0 Å². The van der Waals surface area contributed by atoms with Crippen molar-refractivity contribution in [1.82, 2.24) is 0 Å². The van der Waals surface area contributed by atoms with Gasteiger partial charge < -0.3 is 5.11 Å². The molecule has 23 heavy (non-hydrogen) atoms. The SMILES string of the molecule is CCCc1ccc(-c2ccc(O)cc2CCC[Si](Cl)(Cl)Cl)cc1. The number of phenolic OH excluding ortho intramolecular Hbond substituents is 1. The molecule has 1 nitrogen and oxygen atoms in total. The van der Waals surface area contributed by atoms with Gasteiger partial charge in [-0.05, 0) is 59.7 Å². The van der Waals surface area contributed by atoms with Crippen molar-refractivity contribution in [2.75, 3.05) is 0 Å². The molecule has 2 aromatic rings. The summed E-state index contributed by atoms with van der Waals surface area (Å²) in [5, 5.41) is 9.79. The molecule has 0 fully saturated rings. The fraction of sp³-hybridized carbons (Fsp3) is 0.333. The number of hydrogen-bond acceptors (Lipinski definition) is 1. The molecule has 2 aromatic carbocycles. The van der Waals surface area contributed by atoms with E-state index in [4.69, 9.17) is 33.2 Å². The second-order valence-corrected chi connectivity index (χ2v) is 15.0. The number of rotatable bonds is 7. The molecule has 0 heterocycles. The van der Waals surface area contributed by atoms with Crippen molar-refractivity contribution in [2.24, 2.45) is 0 Å². The average Bonchev–Trinajstić information content (AvgIpc) is 2.48. The van der Waals surface area contributed by atoms with Gasteiger partial charge >= 0.3 is 6.00 Å². The van der Waals surface area contributed by atoms with Gasteiger partial charge in [-0.25, -0.2) is 0 Å². The predicted molar refractivity (Wildman–Crippen MR) is 104 cm³/mol. The van der Waals surface area contributed by atoms with Gasteiger partial charge in [0.2, 0.25) is 0 Å². The van der Waals surface area contributed by atoms with Crippen molar-refractivity contribution >= 4 is 39.2 Å². The summed E-state index contributed by atoms with van der Waals surface area (Å²) < 4.78 is 0. The quantitative estimate of drug-likeness (QED) is 0.419. The lowest BCUT2D eigenvalue weighted by atomic mass is 9.95. The molecule has 0 radical (unpaired) electrons. The average molecular weight is 388 g/mol. The highest BCUT2D eigenvalue weighted by atomic mass is 35.8. The molecule has 0 spiro atoms. The van der Waals surface area contributed by atoms with Crippen LogP contribution in [0.2, 0.25) is 6.04 Å². The van der Waals surface area contributed by atoms with Gasteiger partial charge in [-0.15, -0.1) is 33.2 Å². The van der Waals surface area contributed by atoms with E-state index in [0.717, 1.165) is 42.4 Å². The number of hydrogen-bond donors (Lipinski definition) is 1. The Kier molecular flexibility index (Phi) is 6.84. The number of aromatic hydroxyl groups is 1. The van der Waals surface area contributed by atoms with Crippen LogP contribution in [0.5, 0.6) is 5.75 Å². The molecular weight excluding hydrogens is 367 g/mol. The third-order valence-corrected chi connectivity index (χ3v) is 6.42. The van der Waals surface area contributed by atoms with Crippen molar-refractivity contribution in [3.63, 3.8) is 0 Å². The normalized spacial score (nSPS) is 11.7. The Morgan fingerprint density at radius 2 is 1.65 bits per heavy atom. The zero-order valence-electron chi connectivity index (χ0n) is 13.2. The lowest BCUT2D eigenvalue weighted by Gasteiger charge is -2.13. The number of halogens is 3. The first-order chi connectivity index (χ1) is 10.9. The molecule has 0 aliphatic heterocycles. The van der Waals surface area contributed by atoms with Crippen LogP contribution in [-0.4, -0.2) is 11.1 Å². The predicted octanol–water partition coefficient (Wildman–Crippen LogP) is 6.60. The zero-order valence-corrected chi connectivity index (χ0v) is 16.4. The van der Waals surface area contributed by atoms with Gasteiger partial charge in [0.1, 0.15) is 5.75 Å². The molecule has 1 N–H and O–H groups in total. The third-order valence-electron chi connectivity index (χ3n) is 3.80. The van der Waals surface area contributed by atoms with Crippen LogP contribution in [0.1, 0.15) is 30.9 Å². The molecule has 0 aliphatic rings. The highest BCUT2D eigenvalue weighted by Crippen LogP contribution is 2.31. The molecule has 0 bridgehead atoms. The Labute approximate surface area is 153 Å². The van der Waals surface area contributed by atoms with Crippen LogP contribution < -0.4 is 0 Å². The fourth-order valence-electron chi connectivity index (χ4n) is 2.69. The lowest BCUT2D eigenvalue weighted by molar-refractivity contribution is 0.474. The van der Waals surface area contributed by atoms with Gasteiger partial charge in [0.05, 0.1) is 0 Å². The monoisotopic (exact) mass is 386 g/mol. The van der Waals surface area contributed by atoms with E-state index in [9.17, 15) is 5.11 Å². The summed E-state index contributed by atoms with van der Waals surface area (Å²) in [6.45, 7) is 2.18. The van der Waals surface area contributed by atoms with Gasteiger partial charge in [0.15, 0.2) is 0 Å². The van der Waals surface area contributed by atoms with Crippen LogP contribution >= 0.6 is 33.2 Å². The summed E-state index contributed by atoms with van der Waals surface area (Å²) >= 11 is 17.9. The van der Waals surface area contributed by atoms with Crippen molar-refractivity contribution in [2.45, 2.75) is 38.7 Å². The fourth-order valence-corrected chi connectivity index (χ4v) is 4.47. The second kappa shape index (κ2) is 8.43. The maximum absolute atomic E-state index is 9.79. The van der Waals surface area contributed by atoms with Gasteiger partial charge in [0.25, 0.3) is 0 Å². The largest absolute Gasteiger partial charge is 0.508 e. The van der Waals surface area contributed by atoms with E-state index < -0.39 is 6.00 Å². The van der Waals surface area contributed by atoms with E-state index in [1.165, 1.54) is 5.56 Å². The second-order valence-electron chi connectivity index (χ2n) is 5.76. The van der Waals surface area contributed by atoms with Crippen LogP contribution in [0.3, 0.4) is 0 Å². The first kappa shape index (κ1) is 18.7. The van der Waals surface area contributed by atoms with E-state index >= 15 is 0 Å². The van der Waals surface area contributed by atoms with E-state index in [-0.39, 0.29) is 5.75 Å². The summed E-state index contributed by atoms with van der Waals surface area (Å²) in [5.74, 6) is 0.275. The molecule has 5 heteroatoms. The Morgan fingerprint density at radius 1 is 0.957 bits per heavy atom. The number of benzene rings is 2. The number of aryl methyl sites for hydroxylation is 2. The van der Waals surface area contributed by atoms with E-state index in [1.807, 2.05) is 12.1 Å². The molecule has 0 saturated carbocycles. The molecule has 124 valence electrons. The highest BCUT2D eigenvalue weighted by Gasteiger charge is 2.24. The molecule has 0 unspecified atom stereocenters. The summed E-state index contributed by atoms with van der Waals surface area (Å²) in [6.07, 6.45) is 3.84.